The Balaban J connectivity index is 1.75. The van der Waals surface area contributed by atoms with Gasteiger partial charge in [-0.25, -0.2) is 14.4 Å². The predicted octanol–water partition coefficient (Wildman–Crippen LogP) is 4.27. The number of nitrogens with zero attached hydrogens (tertiary/aromatic N) is 2. The maximum atomic E-state index is 13.2. The van der Waals surface area contributed by atoms with Crippen LogP contribution in [0.5, 0.6) is 5.75 Å². The van der Waals surface area contributed by atoms with Gasteiger partial charge < -0.3 is 15.4 Å². The number of amides is 1. The summed E-state index contributed by atoms with van der Waals surface area (Å²) in [6.45, 7) is 0. The van der Waals surface area contributed by atoms with E-state index in [0.717, 1.165) is 0 Å². The van der Waals surface area contributed by atoms with Crippen molar-refractivity contribution in [2.45, 2.75) is 0 Å². The van der Waals surface area contributed by atoms with Crippen LogP contribution in [0.2, 0.25) is 5.02 Å². The van der Waals surface area contributed by atoms with Crippen LogP contribution in [-0.2, 0) is 0 Å². The van der Waals surface area contributed by atoms with Crippen LogP contribution in [0.1, 0.15) is 10.5 Å². The minimum atomic E-state index is -0.559. The van der Waals surface area contributed by atoms with Crippen LogP contribution in [0.4, 0.5) is 21.7 Å². The van der Waals surface area contributed by atoms with Crippen molar-refractivity contribution in [1.29, 1.82) is 0 Å². The molecule has 1 heterocycles. The zero-order valence-electron chi connectivity index (χ0n) is 13.7. The molecule has 0 saturated heterocycles. The number of rotatable bonds is 5. The highest BCUT2D eigenvalue weighted by atomic mass is 35.5. The Morgan fingerprint density at radius 3 is 2.77 bits per heavy atom. The van der Waals surface area contributed by atoms with Crippen molar-refractivity contribution in [2.75, 3.05) is 17.7 Å². The lowest BCUT2D eigenvalue weighted by molar-refractivity contribution is 0.102. The predicted molar refractivity (Wildman–Crippen MR) is 97.7 cm³/mol. The number of halogens is 2. The summed E-state index contributed by atoms with van der Waals surface area (Å²) >= 11 is 5.71. The zero-order chi connectivity index (χ0) is 18.5. The number of carbonyl (C=O) groups is 1. The number of hydrogen-bond donors (Lipinski definition) is 2. The topological polar surface area (TPSA) is 76.1 Å². The van der Waals surface area contributed by atoms with Gasteiger partial charge in [-0.15, -0.1) is 0 Å². The smallest absolute Gasteiger partial charge is 0.274 e. The number of carbonyl (C=O) groups excluding carboxylic acids is 1. The second-order valence-electron chi connectivity index (χ2n) is 5.21. The summed E-state index contributed by atoms with van der Waals surface area (Å²) in [7, 11) is 1.57. The van der Waals surface area contributed by atoms with E-state index in [4.69, 9.17) is 16.3 Å². The molecule has 8 heteroatoms. The molecule has 0 aliphatic rings. The largest absolute Gasteiger partial charge is 0.497 e. The van der Waals surface area contributed by atoms with Crippen LogP contribution in [0, 0.1) is 5.82 Å². The quantitative estimate of drug-likeness (QED) is 0.699. The molecule has 3 rings (SSSR count). The van der Waals surface area contributed by atoms with Gasteiger partial charge in [0.1, 0.15) is 17.3 Å². The second kappa shape index (κ2) is 7.79. The highest BCUT2D eigenvalue weighted by molar-refractivity contribution is 6.31. The van der Waals surface area contributed by atoms with Crippen LogP contribution in [0.15, 0.2) is 54.7 Å². The van der Waals surface area contributed by atoms with Gasteiger partial charge in [-0.2, -0.15) is 0 Å². The Kier molecular flexibility index (Phi) is 5.28. The fraction of sp³-hybridized carbons (Fsp3) is 0.0556. The molecule has 2 aromatic carbocycles. The van der Waals surface area contributed by atoms with E-state index in [1.54, 1.807) is 13.2 Å². The fourth-order valence-electron chi connectivity index (χ4n) is 2.14. The standard InChI is InChI=1S/C18H14ClFN4O2/c1-26-13-4-2-3-11(9-13)23-18-21-8-7-16(24-18)17(25)22-12-5-6-15(20)14(19)10-12/h2-10H,1H3,(H,22,25)(H,21,23,24). The molecule has 26 heavy (non-hydrogen) atoms. The lowest BCUT2D eigenvalue weighted by atomic mass is 10.3. The van der Waals surface area contributed by atoms with Gasteiger partial charge in [0.25, 0.3) is 5.91 Å². The lowest BCUT2D eigenvalue weighted by Crippen LogP contribution is -2.14. The molecule has 0 bridgehead atoms. The maximum absolute atomic E-state index is 13.2. The van der Waals surface area contributed by atoms with Crippen LogP contribution in [0.25, 0.3) is 0 Å². The molecule has 1 amide bonds. The van der Waals surface area contributed by atoms with E-state index < -0.39 is 11.7 Å². The third kappa shape index (κ3) is 4.25. The van der Waals surface area contributed by atoms with Crippen LogP contribution < -0.4 is 15.4 Å². The third-order valence-electron chi connectivity index (χ3n) is 3.39. The van der Waals surface area contributed by atoms with E-state index in [9.17, 15) is 9.18 Å². The first-order valence-corrected chi connectivity index (χ1v) is 7.93. The molecule has 6 nitrogen and oxygen atoms in total. The van der Waals surface area contributed by atoms with E-state index in [-0.39, 0.29) is 16.7 Å². The molecular formula is C18H14ClFN4O2. The first kappa shape index (κ1) is 17.6. The van der Waals surface area contributed by atoms with E-state index in [0.29, 0.717) is 17.1 Å². The summed E-state index contributed by atoms with van der Waals surface area (Å²) in [4.78, 5) is 20.6. The Hall–Kier alpha value is -3.19. The molecule has 0 radical (unpaired) electrons. The van der Waals surface area contributed by atoms with E-state index in [1.807, 2.05) is 18.2 Å². The normalized spacial score (nSPS) is 10.3. The van der Waals surface area contributed by atoms with Gasteiger partial charge in [-0.1, -0.05) is 17.7 Å². The Morgan fingerprint density at radius 1 is 1.15 bits per heavy atom. The number of benzene rings is 2. The monoisotopic (exact) mass is 372 g/mol. The van der Waals surface area contributed by atoms with Crippen molar-refractivity contribution < 1.29 is 13.9 Å². The van der Waals surface area contributed by atoms with Crippen molar-refractivity contribution in [3.63, 3.8) is 0 Å². The highest BCUT2D eigenvalue weighted by Crippen LogP contribution is 2.21. The van der Waals surface area contributed by atoms with E-state index in [2.05, 4.69) is 20.6 Å². The summed E-state index contributed by atoms with van der Waals surface area (Å²) < 4.78 is 18.3. The molecule has 3 aromatic rings. The summed E-state index contributed by atoms with van der Waals surface area (Å²) in [6.07, 6.45) is 1.46. The average Bonchev–Trinajstić information content (AvgIpc) is 2.65. The molecule has 0 fully saturated rings. The Morgan fingerprint density at radius 2 is 2.00 bits per heavy atom. The molecule has 0 unspecified atom stereocenters. The Labute approximate surface area is 154 Å². The van der Waals surface area contributed by atoms with Crippen molar-refractivity contribution in [1.82, 2.24) is 9.97 Å². The SMILES string of the molecule is COc1cccc(Nc2nccc(C(=O)Nc3ccc(F)c(Cl)c3)n2)c1. The van der Waals surface area contributed by atoms with Crippen molar-refractivity contribution >= 4 is 34.8 Å². The van der Waals surface area contributed by atoms with Gasteiger partial charge >= 0.3 is 0 Å². The van der Waals surface area contributed by atoms with Gasteiger partial charge in [-0.3, -0.25) is 4.79 Å². The number of hydrogen-bond acceptors (Lipinski definition) is 5. The first-order valence-electron chi connectivity index (χ1n) is 7.55. The lowest BCUT2D eigenvalue weighted by Gasteiger charge is -2.08. The molecule has 132 valence electrons. The summed E-state index contributed by atoms with van der Waals surface area (Å²) in [5.41, 5.74) is 1.22. The number of methoxy groups -OCH3 is 1. The minimum Gasteiger partial charge on any atom is -0.497 e. The van der Waals surface area contributed by atoms with Crippen LogP contribution in [-0.4, -0.2) is 23.0 Å². The Bertz CT molecular complexity index is 952. The molecule has 0 aliphatic heterocycles. The maximum Gasteiger partial charge on any atom is 0.274 e. The van der Waals surface area contributed by atoms with Crippen LogP contribution in [0.3, 0.4) is 0 Å². The third-order valence-corrected chi connectivity index (χ3v) is 3.68. The van der Waals surface area contributed by atoms with Gasteiger partial charge in [0.2, 0.25) is 5.95 Å². The zero-order valence-corrected chi connectivity index (χ0v) is 14.4. The summed E-state index contributed by atoms with van der Waals surface area (Å²) in [5, 5.41) is 5.53. The number of ether oxygens (including phenoxy) is 1. The molecule has 0 aliphatic carbocycles. The summed E-state index contributed by atoms with van der Waals surface area (Å²) in [6, 6.07) is 12.6. The second-order valence-corrected chi connectivity index (χ2v) is 5.61. The molecule has 2 N–H and O–H groups in total. The molecular weight excluding hydrogens is 359 g/mol. The van der Waals surface area contributed by atoms with Gasteiger partial charge in [-0.05, 0) is 36.4 Å². The van der Waals surface area contributed by atoms with Crippen LogP contribution >= 0.6 is 11.6 Å². The molecule has 1 aromatic heterocycles. The number of nitrogens with one attached hydrogen (secondary N) is 2. The minimum absolute atomic E-state index is 0.0779. The average molecular weight is 373 g/mol. The van der Waals surface area contributed by atoms with E-state index in [1.165, 1.54) is 30.5 Å². The van der Waals surface area contributed by atoms with Crippen molar-refractivity contribution in [2.24, 2.45) is 0 Å². The number of aromatic nitrogens is 2. The molecule has 0 spiro atoms. The van der Waals surface area contributed by atoms with Gasteiger partial charge in [0.05, 0.1) is 12.1 Å². The highest BCUT2D eigenvalue weighted by Gasteiger charge is 2.11. The molecule has 0 atom stereocenters. The van der Waals surface area contributed by atoms with Crippen molar-refractivity contribution in [3.05, 3.63) is 71.3 Å². The van der Waals surface area contributed by atoms with Crippen molar-refractivity contribution in [3.8, 4) is 5.75 Å². The van der Waals surface area contributed by atoms with Gasteiger partial charge in [0.15, 0.2) is 0 Å². The van der Waals surface area contributed by atoms with E-state index >= 15 is 0 Å². The molecule has 0 saturated carbocycles. The van der Waals surface area contributed by atoms with Gasteiger partial charge in [0, 0.05) is 23.6 Å². The first-order chi connectivity index (χ1) is 12.5. The number of anilines is 3. The fourth-order valence-corrected chi connectivity index (χ4v) is 2.32. The summed E-state index contributed by atoms with van der Waals surface area (Å²) in [5.74, 6) is -0.0969.